The molecule has 1 N–H and O–H groups in total. The smallest absolute Gasteiger partial charge is 0.310 e. The second-order valence-corrected chi connectivity index (χ2v) is 6.22. The first-order valence-electron chi connectivity index (χ1n) is 6.41. The van der Waals surface area contributed by atoms with E-state index < -0.39 is 11.7 Å². The first-order valence-corrected chi connectivity index (χ1v) is 7.49. The van der Waals surface area contributed by atoms with E-state index >= 15 is 0 Å². The molecule has 0 atom stereocenters. The molecule has 2 rings (SSSR count). The molecule has 1 heterocycles. The lowest BCUT2D eigenvalue weighted by Gasteiger charge is -2.16. The Balaban J connectivity index is 2.40. The lowest BCUT2D eigenvalue weighted by Crippen LogP contribution is -2.24. The van der Waals surface area contributed by atoms with Crippen molar-refractivity contribution in [2.24, 2.45) is 0 Å². The molecule has 21 heavy (non-hydrogen) atoms. The Morgan fingerprint density at radius 3 is 2.57 bits per heavy atom. The van der Waals surface area contributed by atoms with Crippen molar-refractivity contribution in [3.63, 3.8) is 0 Å². The molecule has 0 saturated heterocycles. The summed E-state index contributed by atoms with van der Waals surface area (Å²) >= 11 is 2.06. The molecule has 3 nitrogen and oxygen atoms in total. The van der Waals surface area contributed by atoms with E-state index in [4.69, 9.17) is 0 Å². The van der Waals surface area contributed by atoms with Gasteiger partial charge in [-0.15, -0.1) is 0 Å². The third kappa shape index (κ3) is 4.19. The average Bonchev–Trinajstić information content (AvgIpc) is 2.81. The first kappa shape index (κ1) is 16.3. The van der Waals surface area contributed by atoms with Crippen LogP contribution in [-0.2, 0) is 12.7 Å². The fourth-order valence-corrected chi connectivity index (χ4v) is 2.27. The number of benzene rings is 1. The fraction of sp³-hybridized carbons (Fsp3) is 0.357. The number of halogens is 4. The van der Waals surface area contributed by atoms with Gasteiger partial charge in [0.15, 0.2) is 0 Å². The van der Waals surface area contributed by atoms with Crippen LogP contribution in [0.4, 0.5) is 13.2 Å². The number of alkyl halides is 3. The highest BCUT2D eigenvalue weighted by Crippen LogP contribution is 2.33. The summed E-state index contributed by atoms with van der Waals surface area (Å²) in [6.45, 7) is 3.98. The molecule has 0 spiro atoms. The molecule has 1 aromatic heterocycles. The van der Waals surface area contributed by atoms with Gasteiger partial charge in [-0.1, -0.05) is 19.9 Å². The molecule has 1 aromatic carbocycles. The molecule has 0 unspecified atom stereocenters. The summed E-state index contributed by atoms with van der Waals surface area (Å²) in [6.07, 6.45) is -1.10. The second-order valence-electron chi connectivity index (χ2n) is 4.98. The molecule has 2 aromatic rings. The standard InChI is InChI=1S/C14H15F3IN3/c1-9(2)19-6-10-3-4-12(5-13(10)14(15,16)17)21-8-11(18)7-20-21/h3-5,7-9,19H,6H2,1-2H3. The number of aromatic nitrogens is 2. The molecule has 0 saturated carbocycles. The molecule has 114 valence electrons. The Bertz CT molecular complexity index is 620. The fourth-order valence-electron chi connectivity index (χ4n) is 1.88. The predicted molar refractivity (Wildman–Crippen MR) is 83.3 cm³/mol. The summed E-state index contributed by atoms with van der Waals surface area (Å²) in [5.74, 6) is 0. The largest absolute Gasteiger partial charge is 0.416 e. The maximum atomic E-state index is 13.2. The minimum absolute atomic E-state index is 0.124. The van der Waals surface area contributed by atoms with Gasteiger partial charge in [-0.3, -0.25) is 0 Å². The van der Waals surface area contributed by atoms with Crippen molar-refractivity contribution in [1.82, 2.24) is 15.1 Å². The Morgan fingerprint density at radius 1 is 1.33 bits per heavy atom. The molecule has 0 fully saturated rings. The zero-order valence-corrected chi connectivity index (χ0v) is 13.7. The lowest BCUT2D eigenvalue weighted by molar-refractivity contribution is -0.138. The van der Waals surface area contributed by atoms with E-state index in [0.717, 1.165) is 9.64 Å². The van der Waals surface area contributed by atoms with Crippen LogP contribution in [0.25, 0.3) is 5.69 Å². The number of rotatable bonds is 4. The molecule has 0 aliphatic rings. The van der Waals surface area contributed by atoms with Gasteiger partial charge in [-0.05, 0) is 40.3 Å². The summed E-state index contributed by atoms with van der Waals surface area (Å²) in [7, 11) is 0. The third-order valence-electron chi connectivity index (χ3n) is 2.92. The predicted octanol–water partition coefficient (Wildman–Crippen LogP) is 3.99. The third-order valence-corrected chi connectivity index (χ3v) is 3.47. The van der Waals surface area contributed by atoms with Crippen molar-refractivity contribution in [2.75, 3.05) is 0 Å². The van der Waals surface area contributed by atoms with E-state index in [9.17, 15) is 13.2 Å². The van der Waals surface area contributed by atoms with Crippen LogP contribution < -0.4 is 5.32 Å². The molecule has 0 bridgehead atoms. The zero-order valence-electron chi connectivity index (χ0n) is 11.6. The highest BCUT2D eigenvalue weighted by Gasteiger charge is 2.33. The summed E-state index contributed by atoms with van der Waals surface area (Å²) in [5.41, 5.74) is 0.0130. The van der Waals surface area contributed by atoms with Crippen LogP contribution in [0, 0.1) is 3.57 Å². The van der Waals surface area contributed by atoms with Crippen molar-refractivity contribution < 1.29 is 13.2 Å². The van der Waals surface area contributed by atoms with Gasteiger partial charge in [0.05, 0.1) is 21.0 Å². The van der Waals surface area contributed by atoms with Gasteiger partial charge in [0, 0.05) is 18.8 Å². The van der Waals surface area contributed by atoms with E-state index in [1.165, 1.54) is 10.7 Å². The number of nitrogens with zero attached hydrogens (tertiary/aromatic N) is 2. The quantitative estimate of drug-likeness (QED) is 0.775. The zero-order chi connectivity index (χ0) is 15.6. The van der Waals surface area contributed by atoms with Crippen LogP contribution in [0.15, 0.2) is 30.6 Å². The SMILES string of the molecule is CC(C)NCc1ccc(-n2cc(I)cn2)cc1C(F)(F)F. The highest BCUT2D eigenvalue weighted by molar-refractivity contribution is 14.1. The summed E-state index contributed by atoms with van der Waals surface area (Å²) in [5, 5.41) is 7.05. The molecule has 0 amide bonds. The summed E-state index contributed by atoms with van der Waals surface area (Å²) < 4.78 is 42.0. The van der Waals surface area contributed by atoms with Crippen LogP contribution in [0.3, 0.4) is 0 Å². The summed E-state index contributed by atoms with van der Waals surface area (Å²) in [6, 6.07) is 4.41. The van der Waals surface area contributed by atoms with Crippen LogP contribution >= 0.6 is 22.6 Å². The van der Waals surface area contributed by atoms with E-state index in [0.29, 0.717) is 5.69 Å². The maximum absolute atomic E-state index is 13.2. The topological polar surface area (TPSA) is 29.9 Å². The first-order chi connectivity index (χ1) is 9.77. The minimum Gasteiger partial charge on any atom is -0.310 e. The Morgan fingerprint density at radius 2 is 2.05 bits per heavy atom. The van der Waals surface area contributed by atoms with E-state index in [-0.39, 0.29) is 18.2 Å². The van der Waals surface area contributed by atoms with Gasteiger partial charge in [0.25, 0.3) is 0 Å². The van der Waals surface area contributed by atoms with Gasteiger partial charge in [0.1, 0.15) is 0 Å². The van der Waals surface area contributed by atoms with Gasteiger partial charge in [-0.25, -0.2) is 4.68 Å². The molecular formula is C14H15F3IN3. The van der Waals surface area contributed by atoms with Gasteiger partial charge < -0.3 is 5.32 Å². The monoisotopic (exact) mass is 409 g/mol. The van der Waals surface area contributed by atoms with Gasteiger partial charge in [0.2, 0.25) is 0 Å². The normalized spacial score (nSPS) is 12.1. The van der Waals surface area contributed by atoms with Crippen LogP contribution in [0.1, 0.15) is 25.0 Å². The van der Waals surface area contributed by atoms with Crippen molar-refractivity contribution in [3.05, 3.63) is 45.3 Å². The van der Waals surface area contributed by atoms with Crippen LogP contribution in [-0.4, -0.2) is 15.8 Å². The molecule has 0 aliphatic heterocycles. The van der Waals surface area contributed by atoms with Crippen molar-refractivity contribution in [3.8, 4) is 5.69 Å². The molecule has 7 heteroatoms. The molecule has 0 aliphatic carbocycles. The number of hydrogen-bond donors (Lipinski definition) is 1. The molecule has 0 radical (unpaired) electrons. The van der Waals surface area contributed by atoms with Crippen molar-refractivity contribution >= 4 is 22.6 Å². The van der Waals surface area contributed by atoms with Gasteiger partial charge >= 0.3 is 6.18 Å². The number of hydrogen-bond acceptors (Lipinski definition) is 2. The van der Waals surface area contributed by atoms with Crippen LogP contribution in [0.5, 0.6) is 0 Å². The maximum Gasteiger partial charge on any atom is 0.416 e. The van der Waals surface area contributed by atoms with Crippen LogP contribution in [0.2, 0.25) is 0 Å². The van der Waals surface area contributed by atoms with E-state index in [1.807, 2.05) is 13.8 Å². The Kier molecular flexibility index (Phi) is 4.92. The Hall–Kier alpha value is -1.09. The van der Waals surface area contributed by atoms with E-state index in [1.54, 1.807) is 18.5 Å². The lowest BCUT2D eigenvalue weighted by atomic mass is 10.1. The summed E-state index contributed by atoms with van der Waals surface area (Å²) in [4.78, 5) is 0. The van der Waals surface area contributed by atoms with E-state index in [2.05, 4.69) is 33.0 Å². The molecular weight excluding hydrogens is 394 g/mol. The second kappa shape index (κ2) is 6.35. The average molecular weight is 409 g/mol. The van der Waals surface area contributed by atoms with Crippen molar-refractivity contribution in [2.45, 2.75) is 32.6 Å². The minimum atomic E-state index is -4.38. The highest BCUT2D eigenvalue weighted by atomic mass is 127. The van der Waals surface area contributed by atoms with Gasteiger partial charge in [-0.2, -0.15) is 18.3 Å². The Labute approximate surface area is 134 Å². The van der Waals surface area contributed by atoms with Crippen molar-refractivity contribution in [1.29, 1.82) is 0 Å². The number of nitrogens with one attached hydrogen (secondary N) is 1.